The summed E-state index contributed by atoms with van der Waals surface area (Å²) >= 11 is 1.34. The molecule has 3 N–H and O–H groups in total. The molecule has 0 aliphatic carbocycles. The highest BCUT2D eigenvalue weighted by Crippen LogP contribution is 2.37. The number of carbonyl (C=O) groups is 1. The molecule has 0 bridgehead atoms. The van der Waals surface area contributed by atoms with E-state index in [-0.39, 0.29) is 11.5 Å². The van der Waals surface area contributed by atoms with Crippen LogP contribution in [0.5, 0.6) is 0 Å². The standard InChI is InChI=1S/C11H12F2N2OS/c1-6(14)11(12,13)7-2-3-9-8(4-7)15-10(16)5-17-9/h2-4,6H,5,14H2,1H3,(H,15,16). The summed E-state index contributed by atoms with van der Waals surface area (Å²) in [5.74, 6) is -2.96. The summed E-state index contributed by atoms with van der Waals surface area (Å²) in [5.41, 5.74) is 5.53. The third kappa shape index (κ3) is 2.28. The molecule has 0 aromatic heterocycles. The Hall–Kier alpha value is -1.14. The molecule has 3 nitrogen and oxygen atoms in total. The van der Waals surface area contributed by atoms with Gasteiger partial charge in [0, 0.05) is 10.5 Å². The Morgan fingerprint density at radius 3 is 2.88 bits per heavy atom. The second-order valence-corrected chi connectivity index (χ2v) is 4.98. The smallest absolute Gasteiger partial charge is 0.287 e. The van der Waals surface area contributed by atoms with Crippen LogP contribution in [0.4, 0.5) is 14.5 Å². The van der Waals surface area contributed by atoms with Crippen molar-refractivity contribution in [2.24, 2.45) is 5.73 Å². The van der Waals surface area contributed by atoms with E-state index in [0.717, 1.165) is 4.90 Å². The number of hydrogen-bond donors (Lipinski definition) is 2. The summed E-state index contributed by atoms with van der Waals surface area (Å²) in [6.07, 6.45) is 0. The van der Waals surface area contributed by atoms with Crippen LogP contribution < -0.4 is 11.1 Å². The van der Waals surface area contributed by atoms with Crippen molar-refractivity contribution in [1.29, 1.82) is 0 Å². The zero-order chi connectivity index (χ0) is 12.6. The van der Waals surface area contributed by atoms with Gasteiger partial charge in [0.2, 0.25) is 5.91 Å². The second kappa shape index (κ2) is 4.27. The van der Waals surface area contributed by atoms with Crippen LogP contribution in [-0.4, -0.2) is 17.7 Å². The van der Waals surface area contributed by atoms with E-state index in [1.54, 1.807) is 6.07 Å². The molecule has 1 unspecified atom stereocenters. The zero-order valence-electron chi connectivity index (χ0n) is 9.17. The molecule has 1 aliphatic heterocycles. The molecule has 0 spiro atoms. The number of carbonyl (C=O) groups excluding carboxylic acids is 1. The molecule has 1 heterocycles. The molecule has 0 radical (unpaired) electrons. The van der Waals surface area contributed by atoms with E-state index in [1.807, 2.05) is 0 Å². The maximum absolute atomic E-state index is 13.7. The Kier molecular flexibility index (Phi) is 3.09. The van der Waals surface area contributed by atoms with Gasteiger partial charge in [-0.25, -0.2) is 0 Å². The first kappa shape index (κ1) is 12.3. The summed E-state index contributed by atoms with van der Waals surface area (Å²) < 4.78 is 27.4. The fourth-order valence-electron chi connectivity index (χ4n) is 1.55. The van der Waals surface area contributed by atoms with Crippen molar-refractivity contribution in [2.45, 2.75) is 23.8 Å². The van der Waals surface area contributed by atoms with E-state index >= 15 is 0 Å². The minimum atomic E-state index is -3.10. The number of anilines is 1. The summed E-state index contributed by atoms with van der Waals surface area (Å²) in [4.78, 5) is 12.0. The van der Waals surface area contributed by atoms with Crippen LogP contribution in [0.15, 0.2) is 23.1 Å². The average Bonchev–Trinajstić information content (AvgIpc) is 2.27. The summed E-state index contributed by atoms with van der Waals surface area (Å²) in [5, 5.41) is 2.58. The Labute approximate surface area is 102 Å². The van der Waals surface area contributed by atoms with Crippen molar-refractivity contribution in [3.05, 3.63) is 23.8 Å². The fourth-order valence-corrected chi connectivity index (χ4v) is 2.34. The van der Waals surface area contributed by atoms with Gasteiger partial charge in [-0.05, 0) is 19.1 Å². The molecular weight excluding hydrogens is 246 g/mol. The lowest BCUT2D eigenvalue weighted by atomic mass is 10.0. The Bertz CT molecular complexity index is 463. The minimum Gasteiger partial charge on any atom is -0.324 e. The van der Waals surface area contributed by atoms with E-state index in [0.29, 0.717) is 11.4 Å². The van der Waals surface area contributed by atoms with Crippen LogP contribution >= 0.6 is 11.8 Å². The number of thioether (sulfide) groups is 1. The second-order valence-electron chi connectivity index (χ2n) is 3.96. The largest absolute Gasteiger partial charge is 0.324 e. The summed E-state index contributed by atoms with van der Waals surface area (Å²) in [6, 6.07) is 2.97. The highest BCUT2D eigenvalue weighted by Gasteiger charge is 2.36. The van der Waals surface area contributed by atoms with Gasteiger partial charge < -0.3 is 11.1 Å². The fraction of sp³-hybridized carbons (Fsp3) is 0.364. The van der Waals surface area contributed by atoms with E-state index in [2.05, 4.69) is 5.32 Å². The van der Waals surface area contributed by atoms with Crippen molar-refractivity contribution < 1.29 is 13.6 Å². The number of nitrogens with two attached hydrogens (primary N) is 1. The van der Waals surface area contributed by atoms with Gasteiger partial charge in [0.15, 0.2) is 0 Å². The quantitative estimate of drug-likeness (QED) is 0.854. The lowest BCUT2D eigenvalue weighted by Gasteiger charge is -2.23. The van der Waals surface area contributed by atoms with Crippen LogP contribution in [0.1, 0.15) is 12.5 Å². The van der Waals surface area contributed by atoms with Gasteiger partial charge in [-0.3, -0.25) is 4.79 Å². The van der Waals surface area contributed by atoms with Crippen LogP contribution in [0, 0.1) is 0 Å². The molecular formula is C11H12F2N2OS. The molecule has 1 aromatic rings. The highest BCUT2D eigenvalue weighted by molar-refractivity contribution is 8.00. The summed E-state index contributed by atoms with van der Waals surface area (Å²) in [6.45, 7) is 1.26. The van der Waals surface area contributed by atoms with Gasteiger partial charge in [-0.1, -0.05) is 6.07 Å². The van der Waals surface area contributed by atoms with Crippen molar-refractivity contribution in [3.8, 4) is 0 Å². The lowest BCUT2D eigenvalue weighted by molar-refractivity contribution is -0.113. The number of halogens is 2. The first-order valence-corrected chi connectivity index (χ1v) is 6.10. The number of rotatable bonds is 2. The van der Waals surface area contributed by atoms with Crippen molar-refractivity contribution >= 4 is 23.4 Å². The Morgan fingerprint density at radius 2 is 2.24 bits per heavy atom. The van der Waals surface area contributed by atoms with Crippen LogP contribution in [0.2, 0.25) is 0 Å². The third-order valence-electron chi connectivity index (χ3n) is 2.57. The number of nitrogens with one attached hydrogen (secondary N) is 1. The van der Waals surface area contributed by atoms with E-state index < -0.39 is 12.0 Å². The van der Waals surface area contributed by atoms with E-state index in [9.17, 15) is 13.6 Å². The number of alkyl halides is 2. The average molecular weight is 258 g/mol. The molecule has 6 heteroatoms. The van der Waals surface area contributed by atoms with Gasteiger partial charge in [0.25, 0.3) is 5.92 Å². The van der Waals surface area contributed by atoms with Gasteiger partial charge in [-0.15, -0.1) is 11.8 Å². The molecule has 92 valence electrons. The maximum atomic E-state index is 13.7. The third-order valence-corrected chi connectivity index (χ3v) is 3.64. The van der Waals surface area contributed by atoms with Crippen LogP contribution in [0.3, 0.4) is 0 Å². The van der Waals surface area contributed by atoms with Crippen molar-refractivity contribution in [1.82, 2.24) is 0 Å². The molecule has 1 aliphatic rings. The van der Waals surface area contributed by atoms with Gasteiger partial charge in [0.1, 0.15) is 0 Å². The molecule has 0 fully saturated rings. The van der Waals surface area contributed by atoms with Gasteiger partial charge in [-0.2, -0.15) is 8.78 Å². The number of hydrogen-bond acceptors (Lipinski definition) is 3. The van der Waals surface area contributed by atoms with Crippen molar-refractivity contribution in [3.63, 3.8) is 0 Å². The van der Waals surface area contributed by atoms with Gasteiger partial charge >= 0.3 is 0 Å². The van der Waals surface area contributed by atoms with E-state index in [4.69, 9.17) is 5.73 Å². The number of fused-ring (bicyclic) bond motifs is 1. The monoisotopic (exact) mass is 258 g/mol. The predicted molar refractivity (Wildman–Crippen MR) is 63.3 cm³/mol. The maximum Gasteiger partial charge on any atom is 0.287 e. The number of amides is 1. The molecule has 0 saturated heterocycles. The Morgan fingerprint density at radius 1 is 1.53 bits per heavy atom. The van der Waals surface area contributed by atoms with Crippen molar-refractivity contribution in [2.75, 3.05) is 11.1 Å². The number of benzene rings is 1. The Balaban J connectivity index is 2.39. The molecule has 17 heavy (non-hydrogen) atoms. The molecule has 1 aromatic carbocycles. The predicted octanol–water partition coefficient (Wildman–Crippen LogP) is 2.17. The molecule has 1 atom stereocenters. The minimum absolute atomic E-state index is 0.172. The SMILES string of the molecule is CC(N)C(F)(F)c1ccc2c(c1)NC(=O)CS2. The first-order chi connectivity index (χ1) is 7.91. The molecule has 2 rings (SSSR count). The topological polar surface area (TPSA) is 55.1 Å². The summed E-state index contributed by atoms with van der Waals surface area (Å²) in [7, 11) is 0. The highest BCUT2D eigenvalue weighted by atomic mass is 32.2. The van der Waals surface area contributed by atoms with Crippen LogP contribution in [-0.2, 0) is 10.7 Å². The molecule has 0 saturated carbocycles. The zero-order valence-corrected chi connectivity index (χ0v) is 9.98. The van der Waals surface area contributed by atoms with Gasteiger partial charge in [0.05, 0.1) is 17.5 Å². The first-order valence-electron chi connectivity index (χ1n) is 5.12. The van der Waals surface area contributed by atoms with Crippen LogP contribution in [0.25, 0.3) is 0 Å². The molecule has 1 amide bonds. The van der Waals surface area contributed by atoms with E-state index in [1.165, 1.54) is 30.8 Å². The lowest BCUT2D eigenvalue weighted by Crippen LogP contribution is -2.36. The normalized spacial score (nSPS) is 17.3.